The second-order valence-corrected chi connectivity index (χ2v) is 12.0. The van der Waals surface area contributed by atoms with E-state index in [1.54, 1.807) is 22.9 Å². The Morgan fingerprint density at radius 1 is 0.940 bits per heavy atom. The second kappa shape index (κ2) is 15.5. The molecule has 13 nitrogen and oxygen atoms in total. The minimum absolute atomic E-state index is 0.0223. The molecule has 1 aliphatic rings. The van der Waals surface area contributed by atoms with Crippen LogP contribution in [-0.4, -0.2) is 57.1 Å². The van der Waals surface area contributed by atoms with Gasteiger partial charge in [-0.2, -0.15) is 4.68 Å². The molecule has 3 aromatic carbocycles. The average Bonchev–Trinajstić information content (AvgIpc) is 3.76. The zero-order valence-corrected chi connectivity index (χ0v) is 28.9. The van der Waals surface area contributed by atoms with E-state index in [1.165, 1.54) is 20.3 Å². The summed E-state index contributed by atoms with van der Waals surface area (Å²) in [6, 6.07) is 25.1. The van der Waals surface area contributed by atoms with Gasteiger partial charge >= 0.3 is 0 Å². The minimum atomic E-state index is -0.852. The summed E-state index contributed by atoms with van der Waals surface area (Å²) in [4.78, 5) is 19.1. The molecule has 1 aliphatic heterocycles. The molecule has 0 fully saturated rings. The third kappa shape index (κ3) is 6.93. The van der Waals surface area contributed by atoms with Crippen LogP contribution in [0.5, 0.6) is 0 Å². The lowest BCUT2D eigenvalue weighted by molar-refractivity contribution is -0.384. The van der Waals surface area contributed by atoms with Crippen molar-refractivity contribution < 1.29 is 19.1 Å². The molecule has 1 N–H and O–H groups in total. The van der Waals surface area contributed by atoms with Crippen LogP contribution in [0.3, 0.4) is 0 Å². The largest absolute Gasteiger partial charge is 0.362 e. The molecular formula is C37H42N8O5. The first kappa shape index (κ1) is 34.6. The van der Waals surface area contributed by atoms with Gasteiger partial charge in [-0.15, -0.1) is 5.10 Å². The van der Waals surface area contributed by atoms with E-state index in [4.69, 9.17) is 19.2 Å². The van der Waals surface area contributed by atoms with Crippen LogP contribution in [0.25, 0.3) is 33.6 Å². The first-order chi connectivity index (χ1) is 24.4. The van der Waals surface area contributed by atoms with E-state index >= 15 is 0 Å². The van der Waals surface area contributed by atoms with E-state index < -0.39 is 6.29 Å². The zero-order chi connectivity index (χ0) is 35.2. The van der Waals surface area contributed by atoms with E-state index in [-0.39, 0.29) is 23.0 Å². The van der Waals surface area contributed by atoms with Crippen molar-refractivity contribution >= 4 is 17.2 Å². The first-order valence-electron chi connectivity index (χ1n) is 16.8. The lowest BCUT2D eigenvalue weighted by Gasteiger charge is -2.27. The number of unbranched alkanes of at least 4 members (excludes halogenated alkanes) is 1. The smallest absolute Gasteiger partial charge is 0.277 e. The Labute approximate surface area is 291 Å². The summed E-state index contributed by atoms with van der Waals surface area (Å²) in [7, 11) is 3.06. The van der Waals surface area contributed by atoms with Crippen LogP contribution in [0.15, 0.2) is 78.9 Å². The SMILES string of the molecule is CCCCC1Nc2cc(-c3ccccc3[N+](=O)[O-])c(C(OC)OC)nc2N1Cc1ccc(-c2ccccc2)c(-c2nnnn2C(C)OCC)c1. The molecule has 5 aromatic rings. The highest BCUT2D eigenvalue weighted by Gasteiger charge is 2.34. The molecule has 0 aliphatic carbocycles. The number of nitrogens with one attached hydrogen (secondary N) is 1. The molecule has 0 spiro atoms. The van der Waals surface area contributed by atoms with Crippen molar-refractivity contribution in [2.45, 2.75) is 65.3 Å². The topological polar surface area (TPSA) is 143 Å². The Bertz CT molecular complexity index is 1930. The Hall–Kier alpha value is -5.24. The molecule has 50 heavy (non-hydrogen) atoms. The molecule has 13 heteroatoms. The summed E-state index contributed by atoms with van der Waals surface area (Å²) in [5.74, 6) is 1.32. The van der Waals surface area contributed by atoms with Crippen molar-refractivity contribution in [3.8, 4) is 33.6 Å². The number of tetrazole rings is 1. The van der Waals surface area contributed by atoms with Crippen molar-refractivity contribution in [2.75, 3.05) is 31.0 Å². The van der Waals surface area contributed by atoms with Gasteiger partial charge in [0.2, 0.25) is 6.29 Å². The van der Waals surface area contributed by atoms with E-state index in [1.807, 2.05) is 38.1 Å². The molecule has 0 saturated heterocycles. The van der Waals surface area contributed by atoms with Crippen molar-refractivity contribution in [2.24, 2.45) is 0 Å². The number of methoxy groups -OCH3 is 2. The van der Waals surface area contributed by atoms with Crippen LogP contribution >= 0.6 is 0 Å². The number of pyridine rings is 1. The van der Waals surface area contributed by atoms with Gasteiger partial charge in [0.25, 0.3) is 5.69 Å². The van der Waals surface area contributed by atoms with Gasteiger partial charge in [-0.25, -0.2) is 4.98 Å². The van der Waals surface area contributed by atoms with Crippen LogP contribution in [-0.2, 0) is 20.8 Å². The molecule has 0 amide bonds. The minimum Gasteiger partial charge on any atom is -0.362 e. The van der Waals surface area contributed by atoms with Gasteiger partial charge in [0.15, 0.2) is 17.9 Å². The monoisotopic (exact) mass is 678 g/mol. The fourth-order valence-corrected chi connectivity index (χ4v) is 6.50. The third-order valence-corrected chi connectivity index (χ3v) is 8.88. The number of anilines is 2. The van der Waals surface area contributed by atoms with E-state index in [2.05, 4.69) is 63.0 Å². The van der Waals surface area contributed by atoms with Gasteiger partial charge in [-0.1, -0.05) is 67.9 Å². The third-order valence-electron chi connectivity index (χ3n) is 8.88. The number of rotatable bonds is 15. The standard InChI is InChI=1S/C37H42N8O5/c1-6-8-18-33-38-31-22-29(28-16-12-13-17-32(28)45(46)47)34(37(48-4)49-5)39-36(31)43(33)23-25-19-20-27(26-14-10-9-11-15-26)30(21-25)35-40-41-42-44(35)24(3)50-7-2/h9-17,19-22,24,33,37-38H,6-8,18,23H2,1-5H3. The molecule has 260 valence electrons. The molecule has 6 rings (SSSR count). The summed E-state index contributed by atoms with van der Waals surface area (Å²) >= 11 is 0. The number of fused-ring (bicyclic) bond motifs is 1. The van der Waals surface area contributed by atoms with E-state index in [9.17, 15) is 10.1 Å². The number of nitro groups is 1. The molecule has 3 heterocycles. The predicted molar refractivity (Wildman–Crippen MR) is 191 cm³/mol. The van der Waals surface area contributed by atoms with Crippen LogP contribution in [0, 0.1) is 10.1 Å². The summed E-state index contributed by atoms with van der Waals surface area (Å²) in [5.41, 5.74) is 6.16. The molecule has 2 aromatic heterocycles. The summed E-state index contributed by atoms with van der Waals surface area (Å²) in [6.07, 6.45) is 1.59. The maximum atomic E-state index is 12.1. The highest BCUT2D eigenvalue weighted by molar-refractivity contribution is 5.84. The molecule has 2 unspecified atom stereocenters. The quantitative estimate of drug-likeness (QED) is 0.0659. The van der Waals surface area contributed by atoms with Crippen LogP contribution in [0.1, 0.15) is 63.8 Å². The molecular weight excluding hydrogens is 636 g/mol. The van der Waals surface area contributed by atoms with Gasteiger partial charge in [0.05, 0.1) is 16.2 Å². The van der Waals surface area contributed by atoms with Gasteiger partial charge in [0.1, 0.15) is 11.9 Å². The van der Waals surface area contributed by atoms with E-state index in [0.717, 1.165) is 47.2 Å². The number of ether oxygens (including phenoxy) is 3. The van der Waals surface area contributed by atoms with Crippen LogP contribution in [0.4, 0.5) is 17.2 Å². The maximum absolute atomic E-state index is 12.1. The molecule has 0 radical (unpaired) electrons. The summed E-state index contributed by atoms with van der Waals surface area (Å²) < 4.78 is 19.0. The number of benzene rings is 3. The lowest BCUT2D eigenvalue weighted by atomic mass is 9.96. The zero-order valence-electron chi connectivity index (χ0n) is 28.9. The highest BCUT2D eigenvalue weighted by atomic mass is 16.7. The van der Waals surface area contributed by atoms with Gasteiger partial charge in [-0.05, 0) is 72.0 Å². The average molecular weight is 679 g/mol. The summed E-state index contributed by atoms with van der Waals surface area (Å²) in [6.45, 7) is 7.07. The van der Waals surface area contributed by atoms with Gasteiger partial charge in [-0.3, -0.25) is 10.1 Å². The second-order valence-electron chi connectivity index (χ2n) is 12.0. The molecule has 2 atom stereocenters. The van der Waals surface area contributed by atoms with Crippen molar-refractivity contribution in [3.63, 3.8) is 0 Å². The van der Waals surface area contributed by atoms with Crippen molar-refractivity contribution in [3.05, 3.63) is 100 Å². The first-order valence-corrected chi connectivity index (χ1v) is 16.8. The van der Waals surface area contributed by atoms with Crippen LogP contribution < -0.4 is 10.2 Å². The Morgan fingerprint density at radius 2 is 1.70 bits per heavy atom. The number of hydrogen-bond donors (Lipinski definition) is 1. The number of aromatic nitrogens is 5. The van der Waals surface area contributed by atoms with Crippen molar-refractivity contribution in [1.82, 2.24) is 25.2 Å². The highest BCUT2D eigenvalue weighted by Crippen LogP contribution is 2.44. The maximum Gasteiger partial charge on any atom is 0.277 e. The van der Waals surface area contributed by atoms with E-state index in [0.29, 0.717) is 41.6 Å². The number of nitro benzene ring substituents is 1. The van der Waals surface area contributed by atoms with Crippen LogP contribution in [0.2, 0.25) is 0 Å². The molecule has 0 bridgehead atoms. The normalized spacial score (nSPS) is 14.5. The number of nitrogens with zero attached hydrogens (tertiary/aromatic N) is 7. The lowest BCUT2D eigenvalue weighted by Crippen LogP contribution is -2.35. The van der Waals surface area contributed by atoms with Gasteiger partial charge in [0, 0.05) is 44.6 Å². The molecule has 0 saturated carbocycles. The Morgan fingerprint density at radius 3 is 2.42 bits per heavy atom. The predicted octanol–water partition coefficient (Wildman–Crippen LogP) is 7.77. The Kier molecular flexibility index (Phi) is 10.8. The van der Waals surface area contributed by atoms with Gasteiger partial charge < -0.3 is 24.4 Å². The number of hydrogen-bond acceptors (Lipinski definition) is 11. The number of para-hydroxylation sites is 1. The van der Waals surface area contributed by atoms with Crippen molar-refractivity contribution in [1.29, 1.82) is 0 Å². The Balaban J connectivity index is 1.47. The summed E-state index contributed by atoms with van der Waals surface area (Å²) in [5, 5.41) is 28.5. The fraction of sp³-hybridized carbons (Fsp3) is 0.351. The fourth-order valence-electron chi connectivity index (χ4n) is 6.50.